The first-order valence-corrected chi connectivity index (χ1v) is 4.74. The molecule has 0 aliphatic rings. The molecular weight excluding hydrogens is 186 g/mol. The zero-order chi connectivity index (χ0) is 9.68. The van der Waals surface area contributed by atoms with Crippen LogP contribution in [-0.4, -0.2) is 11.1 Å². The zero-order valence-corrected chi connectivity index (χ0v) is 7.75. The summed E-state index contributed by atoms with van der Waals surface area (Å²) in [4.78, 5) is 11.4. The van der Waals surface area contributed by atoms with Crippen molar-refractivity contribution in [1.29, 1.82) is 5.26 Å². The minimum absolute atomic E-state index is 0.0750. The Morgan fingerprint density at radius 2 is 2.54 bits per heavy atom. The Morgan fingerprint density at radius 3 is 3.00 bits per heavy atom. The number of carboxylic acid groups (broad SMARTS) is 1. The van der Waals surface area contributed by atoms with Gasteiger partial charge in [0.15, 0.2) is 0 Å². The van der Waals surface area contributed by atoms with E-state index in [1.54, 1.807) is 11.3 Å². The first-order chi connectivity index (χ1) is 6.22. The molecule has 1 aromatic rings. The minimum atomic E-state index is -0.914. The Labute approximate surface area is 80.2 Å². The van der Waals surface area contributed by atoms with Crippen molar-refractivity contribution in [3.63, 3.8) is 0 Å². The third-order valence-corrected chi connectivity index (χ3v) is 2.53. The van der Waals surface area contributed by atoms with E-state index in [9.17, 15) is 4.79 Å². The second kappa shape index (κ2) is 4.63. The maximum atomic E-state index is 10.3. The largest absolute Gasteiger partial charge is 0.481 e. The number of thiophene rings is 1. The molecule has 1 heterocycles. The molecule has 0 saturated heterocycles. The lowest BCUT2D eigenvalue weighted by Gasteiger charge is -2.02. The number of nitriles is 1. The van der Waals surface area contributed by atoms with Crippen LogP contribution in [0.5, 0.6) is 0 Å². The van der Waals surface area contributed by atoms with E-state index in [1.807, 2.05) is 23.6 Å². The number of hydrogen-bond acceptors (Lipinski definition) is 3. The van der Waals surface area contributed by atoms with Gasteiger partial charge in [0.1, 0.15) is 0 Å². The third-order valence-electron chi connectivity index (χ3n) is 1.63. The summed E-state index contributed by atoms with van der Waals surface area (Å²) < 4.78 is 0. The Kier molecular flexibility index (Phi) is 3.47. The molecule has 4 heteroatoms. The van der Waals surface area contributed by atoms with Gasteiger partial charge in [-0.25, -0.2) is 0 Å². The number of carboxylic acids is 1. The highest BCUT2D eigenvalue weighted by molar-refractivity contribution is 7.09. The summed E-state index contributed by atoms with van der Waals surface area (Å²) in [6, 6.07) is 5.81. The van der Waals surface area contributed by atoms with E-state index in [4.69, 9.17) is 10.4 Å². The fourth-order valence-electron chi connectivity index (χ4n) is 1.05. The van der Waals surface area contributed by atoms with Crippen LogP contribution in [0.2, 0.25) is 0 Å². The van der Waals surface area contributed by atoms with Crippen LogP contribution in [0.1, 0.15) is 11.3 Å². The topological polar surface area (TPSA) is 61.1 Å². The molecule has 13 heavy (non-hydrogen) atoms. The van der Waals surface area contributed by atoms with E-state index in [1.165, 1.54) is 0 Å². The third kappa shape index (κ3) is 3.26. The number of nitrogens with zero attached hydrogens (tertiary/aromatic N) is 1. The molecule has 0 bridgehead atoms. The molecule has 68 valence electrons. The molecule has 0 aliphatic heterocycles. The molecular formula is C9H9NO2S. The molecule has 0 saturated carbocycles. The average Bonchev–Trinajstić information content (AvgIpc) is 2.55. The molecule has 1 rings (SSSR count). The minimum Gasteiger partial charge on any atom is -0.481 e. The SMILES string of the molecule is N#CC(CC(=O)O)Cc1cccs1. The van der Waals surface area contributed by atoms with Crippen LogP contribution in [0.3, 0.4) is 0 Å². The van der Waals surface area contributed by atoms with Crippen molar-refractivity contribution in [3.05, 3.63) is 22.4 Å². The molecule has 0 radical (unpaired) electrons. The molecule has 3 nitrogen and oxygen atoms in total. The highest BCUT2D eigenvalue weighted by Crippen LogP contribution is 2.16. The molecule has 0 aliphatic carbocycles. The van der Waals surface area contributed by atoms with Gasteiger partial charge in [-0.3, -0.25) is 4.79 Å². The summed E-state index contributed by atoms with van der Waals surface area (Å²) in [5, 5.41) is 19.1. The van der Waals surface area contributed by atoms with Gasteiger partial charge < -0.3 is 5.11 Å². The Hall–Kier alpha value is -1.34. The first kappa shape index (κ1) is 9.75. The van der Waals surface area contributed by atoms with Crippen molar-refractivity contribution >= 4 is 17.3 Å². The van der Waals surface area contributed by atoms with Crippen molar-refractivity contribution in [2.75, 3.05) is 0 Å². The predicted octanol–water partition coefficient (Wildman–Crippen LogP) is 1.91. The van der Waals surface area contributed by atoms with E-state index in [-0.39, 0.29) is 6.42 Å². The molecule has 0 fully saturated rings. The van der Waals surface area contributed by atoms with E-state index >= 15 is 0 Å². The fourth-order valence-corrected chi connectivity index (χ4v) is 1.83. The molecule has 1 N–H and O–H groups in total. The molecule has 1 unspecified atom stereocenters. The lowest BCUT2D eigenvalue weighted by Crippen LogP contribution is -2.07. The standard InChI is InChI=1S/C9H9NO2S/c10-6-7(5-9(11)12)4-8-2-1-3-13-8/h1-3,7H,4-5H2,(H,11,12). The summed E-state index contributed by atoms with van der Waals surface area (Å²) in [7, 11) is 0. The lowest BCUT2D eigenvalue weighted by atomic mass is 10.0. The molecule has 0 spiro atoms. The van der Waals surface area contributed by atoms with Gasteiger partial charge in [0.2, 0.25) is 0 Å². The fraction of sp³-hybridized carbons (Fsp3) is 0.333. The summed E-state index contributed by atoms with van der Waals surface area (Å²) in [6.07, 6.45) is 0.467. The van der Waals surface area contributed by atoms with Crippen molar-refractivity contribution in [2.45, 2.75) is 12.8 Å². The second-order valence-electron chi connectivity index (χ2n) is 2.71. The Morgan fingerprint density at radius 1 is 1.77 bits per heavy atom. The summed E-state index contributed by atoms with van der Waals surface area (Å²) in [6.45, 7) is 0. The van der Waals surface area contributed by atoms with Gasteiger partial charge in [-0.1, -0.05) is 6.07 Å². The lowest BCUT2D eigenvalue weighted by molar-refractivity contribution is -0.137. The molecule has 0 aromatic carbocycles. The van der Waals surface area contributed by atoms with E-state index < -0.39 is 11.9 Å². The molecule has 1 aromatic heterocycles. The van der Waals surface area contributed by atoms with Crippen LogP contribution in [-0.2, 0) is 11.2 Å². The molecule has 0 amide bonds. The van der Waals surface area contributed by atoms with E-state index in [0.29, 0.717) is 6.42 Å². The Balaban J connectivity index is 2.51. The predicted molar refractivity (Wildman–Crippen MR) is 49.4 cm³/mol. The van der Waals surface area contributed by atoms with Crippen LogP contribution in [0, 0.1) is 17.2 Å². The summed E-state index contributed by atoms with van der Waals surface area (Å²) >= 11 is 1.55. The van der Waals surface area contributed by atoms with Crippen LogP contribution >= 0.6 is 11.3 Å². The second-order valence-corrected chi connectivity index (χ2v) is 3.74. The van der Waals surface area contributed by atoms with E-state index in [2.05, 4.69) is 0 Å². The number of carbonyl (C=O) groups is 1. The van der Waals surface area contributed by atoms with Crippen LogP contribution in [0.25, 0.3) is 0 Å². The van der Waals surface area contributed by atoms with Crippen molar-refractivity contribution in [1.82, 2.24) is 0 Å². The first-order valence-electron chi connectivity index (χ1n) is 3.86. The van der Waals surface area contributed by atoms with Crippen molar-refractivity contribution < 1.29 is 9.90 Å². The smallest absolute Gasteiger partial charge is 0.304 e. The van der Waals surface area contributed by atoms with Gasteiger partial charge in [0.05, 0.1) is 18.4 Å². The average molecular weight is 195 g/mol. The van der Waals surface area contributed by atoms with E-state index in [0.717, 1.165) is 4.88 Å². The van der Waals surface area contributed by atoms with Crippen molar-refractivity contribution in [2.24, 2.45) is 5.92 Å². The maximum absolute atomic E-state index is 10.3. The highest BCUT2D eigenvalue weighted by atomic mass is 32.1. The number of hydrogen-bond donors (Lipinski definition) is 1. The summed E-state index contributed by atoms with van der Waals surface area (Å²) in [5.41, 5.74) is 0. The normalized spacial score (nSPS) is 11.9. The van der Waals surface area contributed by atoms with Gasteiger partial charge in [-0.2, -0.15) is 5.26 Å². The molecule has 1 atom stereocenters. The van der Waals surface area contributed by atoms with Gasteiger partial charge in [-0.05, 0) is 17.9 Å². The van der Waals surface area contributed by atoms with Crippen LogP contribution < -0.4 is 0 Å². The van der Waals surface area contributed by atoms with Gasteiger partial charge in [0, 0.05) is 4.88 Å². The Bertz CT molecular complexity index is 313. The zero-order valence-electron chi connectivity index (χ0n) is 6.93. The maximum Gasteiger partial charge on any atom is 0.304 e. The van der Waals surface area contributed by atoms with Crippen LogP contribution in [0.4, 0.5) is 0 Å². The van der Waals surface area contributed by atoms with Gasteiger partial charge in [-0.15, -0.1) is 11.3 Å². The van der Waals surface area contributed by atoms with Gasteiger partial charge >= 0.3 is 5.97 Å². The van der Waals surface area contributed by atoms with Crippen molar-refractivity contribution in [3.8, 4) is 6.07 Å². The monoisotopic (exact) mass is 195 g/mol. The number of aliphatic carboxylic acids is 1. The number of rotatable bonds is 4. The van der Waals surface area contributed by atoms with Gasteiger partial charge in [0.25, 0.3) is 0 Å². The quantitative estimate of drug-likeness (QED) is 0.798. The van der Waals surface area contributed by atoms with Crippen LogP contribution in [0.15, 0.2) is 17.5 Å². The summed E-state index contributed by atoms with van der Waals surface area (Å²) in [5.74, 6) is -1.32. The highest BCUT2D eigenvalue weighted by Gasteiger charge is 2.13.